The zero-order chi connectivity index (χ0) is 31.1. The van der Waals surface area contributed by atoms with E-state index >= 15 is 0 Å². The molecule has 0 fully saturated rings. The largest absolute Gasteiger partial charge is 0.357 e. The fourth-order valence-corrected chi connectivity index (χ4v) is 5.28. The van der Waals surface area contributed by atoms with Crippen molar-refractivity contribution in [1.29, 1.82) is 0 Å². The number of para-hydroxylation sites is 2. The average molecular weight is 574 g/mol. The molecule has 0 aliphatic carbocycles. The summed E-state index contributed by atoms with van der Waals surface area (Å²) in [6, 6.07) is 33.4. The standard InChI is InChI=1S/C39H47N3O/c1-26(2)32-22-16-23-33(27(3)4)36(32)40-38(30-18-12-10-13-19-30)42(9)43-39(31-20-14-11-15-21-31)41-37-34(28(5)6)24-17-25-35(37)29(7)8/h10-29H,1-9H3. The van der Waals surface area contributed by atoms with E-state index in [0.29, 0.717) is 29.6 Å². The van der Waals surface area contributed by atoms with Crippen molar-refractivity contribution < 1.29 is 4.84 Å². The summed E-state index contributed by atoms with van der Waals surface area (Å²) in [5.74, 6) is 2.53. The Hall–Kier alpha value is -4.18. The second-order valence-corrected chi connectivity index (χ2v) is 12.4. The van der Waals surface area contributed by atoms with Gasteiger partial charge < -0.3 is 4.84 Å². The highest BCUT2D eigenvalue weighted by Gasteiger charge is 2.21. The Balaban J connectivity index is 1.92. The Morgan fingerprint density at radius 2 is 0.860 bits per heavy atom. The maximum absolute atomic E-state index is 6.75. The molecule has 0 saturated heterocycles. The molecule has 4 aromatic carbocycles. The topological polar surface area (TPSA) is 37.2 Å². The van der Waals surface area contributed by atoms with Gasteiger partial charge in [0, 0.05) is 18.2 Å². The Morgan fingerprint density at radius 3 is 1.26 bits per heavy atom. The molecule has 0 amide bonds. The molecule has 0 atom stereocenters. The van der Waals surface area contributed by atoms with Gasteiger partial charge >= 0.3 is 0 Å². The predicted molar refractivity (Wildman–Crippen MR) is 183 cm³/mol. The third kappa shape index (κ3) is 7.62. The normalized spacial score (nSPS) is 12.5. The lowest BCUT2D eigenvalue weighted by Crippen LogP contribution is -2.31. The number of rotatable bonds is 8. The van der Waals surface area contributed by atoms with Gasteiger partial charge in [0.15, 0.2) is 5.84 Å². The Morgan fingerprint density at radius 1 is 0.488 bits per heavy atom. The zero-order valence-electron chi connectivity index (χ0n) is 27.3. The molecule has 0 heterocycles. The Kier molecular flexibility index (Phi) is 10.6. The van der Waals surface area contributed by atoms with Crippen molar-refractivity contribution in [2.75, 3.05) is 7.05 Å². The third-order valence-electron chi connectivity index (χ3n) is 7.69. The molecule has 4 nitrogen and oxygen atoms in total. The van der Waals surface area contributed by atoms with Crippen LogP contribution in [0.4, 0.5) is 11.4 Å². The smallest absolute Gasteiger partial charge is 0.253 e. The van der Waals surface area contributed by atoms with Gasteiger partial charge in [-0.2, -0.15) is 5.06 Å². The molecule has 43 heavy (non-hydrogen) atoms. The lowest BCUT2D eigenvalue weighted by atomic mass is 9.93. The minimum Gasteiger partial charge on any atom is -0.357 e. The van der Waals surface area contributed by atoms with Crippen LogP contribution in [0.5, 0.6) is 0 Å². The van der Waals surface area contributed by atoms with Crippen LogP contribution in [-0.2, 0) is 4.84 Å². The van der Waals surface area contributed by atoms with E-state index < -0.39 is 0 Å². The molecule has 0 bridgehead atoms. The van der Waals surface area contributed by atoms with Crippen molar-refractivity contribution in [3.8, 4) is 0 Å². The van der Waals surface area contributed by atoms with Crippen LogP contribution in [0, 0.1) is 0 Å². The van der Waals surface area contributed by atoms with E-state index in [0.717, 1.165) is 28.3 Å². The highest BCUT2D eigenvalue weighted by atomic mass is 16.7. The van der Waals surface area contributed by atoms with Crippen LogP contribution in [-0.4, -0.2) is 23.8 Å². The molecular formula is C39H47N3O. The van der Waals surface area contributed by atoms with E-state index in [-0.39, 0.29) is 0 Å². The third-order valence-corrected chi connectivity index (χ3v) is 7.69. The summed E-state index contributed by atoms with van der Waals surface area (Å²) in [5, 5.41) is 1.77. The van der Waals surface area contributed by atoms with E-state index in [1.165, 1.54) is 22.3 Å². The van der Waals surface area contributed by atoms with Gasteiger partial charge in [-0.25, -0.2) is 9.98 Å². The first kappa shape index (κ1) is 31.7. The lowest BCUT2D eigenvalue weighted by molar-refractivity contribution is 0.0336. The second-order valence-electron chi connectivity index (χ2n) is 12.4. The van der Waals surface area contributed by atoms with Gasteiger partial charge in [-0.3, -0.25) is 0 Å². The number of benzene rings is 4. The van der Waals surface area contributed by atoms with Crippen molar-refractivity contribution >= 4 is 23.1 Å². The minimum atomic E-state index is 0.315. The molecule has 4 heteroatoms. The number of hydroxylamine groups is 2. The number of hydrogen-bond donors (Lipinski definition) is 0. The van der Waals surface area contributed by atoms with E-state index in [4.69, 9.17) is 14.8 Å². The zero-order valence-corrected chi connectivity index (χ0v) is 27.3. The molecule has 4 rings (SSSR count). The van der Waals surface area contributed by atoms with Gasteiger partial charge in [-0.1, -0.05) is 140 Å². The van der Waals surface area contributed by atoms with Crippen molar-refractivity contribution in [2.45, 2.75) is 79.1 Å². The minimum absolute atomic E-state index is 0.315. The van der Waals surface area contributed by atoms with Gasteiger partial charge in [0.2, 0.25) is 0 Å². The SMILES string of the molecule is CC(C)c1cccc(C(C)C)c1N=C(ON(C)C(=Nc1c(C(C)C)cccc1C(C)C)c1ccccc1)c1ccccc1. The molecule has 4 aromatic rings. The van der Waals surface area contributed by atoms with Gasteiger partial charge in [-0.05, 0) is 58.1 Å². The van der Waals surface area contributed by atoms with Crippen LogP contribution in [0.2, 0.25) is 0 Å². The molecule has 0 spiro atoms. The second kappa shape index (κ2) is 14.3. The van der Waals surface area contributed by atoms with Gasteiger partial charge in [-0.15, -0.1) is 0 Å². The molecule has 0 aromatic heterocycles. The van der Waals surface area contributed by atoms with Crippen LogP contribution in [0.3, 0.4) is 0 Å². The average Bonchev–Trinajstić information content (AvgIpc) is 2.99. The maximum atomic E-state index is 6.75. The van der Waals surface area contributed by atoms with E-state index in [2.05, 4.69) is 104 Å². The molecular weight excluding hydrogens is 526 g/mol. The summed E-state index contributed by atoms with van der Waals surface area (Å²) >= 11 is 0. The molecule has 224 valence electrons. The van der Waals surface area contributed by atoms with Crippen LogP contribution in [0.15, 0.2) is 107 Å². The van der Waals surface area contributed by atoms with E-state index in [1.807, 2.05) is 55.6 Å². The Labute approximate surface area is 259 Å². The van der Waals surface area contributed by atoms with E-state index in [9.17, 15) is 0 Å². The maximum Gasteiger partial charge on any atom is 0.253 e. The number of aliphatic imine (C=N–C) groups is 2. The van der Waals surface area contributed by atoms with Crippen LogP contribution >= 0.6 is 0 Å². The first-order valence-electron chi connectivity index (χ1n) is 15.5. The summed E-state index contributed by atoms with van der Waals surface area (Å²) in [4.78, 5) is 17.4. The summed E-state index contributed by atoms with van der Waals surface area (Å²) in [6.07, 6.45) is 0. The van der Waals surface area contributed by atoms with Gasteiger partial charge in [0.05, 0.1) is 11.4 Å². The molecule has 0 N–H and O–H groups in total. The van der Waals surface area contributed by atoms with E-state index in [1.54, 1.807) is 5.06 Å². The fourth-order valence-electron chi connectivity index (χ4n) is 5.28. The van der Waals surface area contributed by atoms with Gasteiger partial charge in [0.25, 0.3) is 5.90 Å². The molecule has 0 aliphatic rings. The van der Waals surface area contributed by atoms with Crippen LogP contribution < -0.4 is 0 Å². The highest BCUT2D eigenvalue weighted by molar-refractivity contribution is 6.02. The summed E-state index contributed by atoms with van der Waals surface area (Å²) in [5.41, 5.74) is 8.70. The van der Waals surface area contributed by atoms with Crippen LogP contribution in [0.1, 0.15) is 112 Å². The molecule has 0 saturated carbocycles. The van der Waals surface area contributed by atoms with Crippen molar-refractivity contribution in [2.24, 2.45) is 9.98 Å². The lowest BCUT2D eigenvalue weighted by Gasteiger charge is -2.25. The van der Waals surface area contributed by atoms with Gasteiger partial charge in [0.1, 0.15) is 0 Å². The number of nitrogens with zero attached hydrogens (tertiary/aromatic N) is 3. The van der Waals surface area contributed by atoms with Crippen molar-refractivity contribution in [3.05, 3.63) is 130 Å². The molecule has 0 unspecified atom stereocenters. The monoisotopic (exact) mass is 573 g/mol. The van der Waals surface area contributed by atoms with Crippen LogP contribution in [0.25, 0.3) is 0 Å². The fraction of sp³-hybridized carbons (Fsp3) is 0.333. The van der Waals surface area contributed by atoms with Crippen molar-refractivity contribution in [3.63, 3.8) is 0 Å². The molecule has 0 radical (unpaired) electrons. The number of amidine groups is 1. The number of hydrogen-bond acceptors (Lipinski definition) is 3. The summed E-state index contributed by atoms with van der Waals surface area (Å²) in [6.45, 7) is 17.7. The quantitative estimate of drug-likeness (QED) is 0.119. The highest BCUT2D eigenvalue weighted by Crippen LogP contribution is 2.37. The first-order chi connectivity index (χ1) is 20.6. The van der Waals surface area contributed by atoms with Crippen molar-refractivity contribution in [1.82, 2.24) is 5.06 Å². The Bertz CT molecular complexity index is 1500. The summed E-state index contributed by atoms with van der Waals surface area (Å²) in [7, 11) is 1.93. The molecule has 0 aliphatic heterocycles. The predicted octanol–water partition coefficient (Wildman–Crippen LogP) is 10.9. The first-order valence-corrected chi connectivity index (χ1v) is 15.5. The summed E-state index contributed by atoms with van der Waals surface area (Å²) < 4.78 is 0.